The van der Waals surface area contributed by atoms with Gasteiger partial charge in [-0.15, -0.1) is 0 Å². The van der Waals surface area contributed by atoms with Gasteiger partial charge in [-0.25, -0.2) is 13.7 Å². The molecular formula is C6H15BO11P3. The molecule has 1 radical (unpaired) electrons. The lowest BCUT2D eigenvalue weighted by Gasteiger charge is -2.18. The summed E-state index contributed by atoms with van der Waals surface area (Å²) in [5, 5.41) is 0. The zero-order chi connectivity index (χ0) is 17.0. The number of hydrogen-bond donors (Lipinski definition) is 4. The molecule has 4 N–H and O–H groups in total. The van der Waals surface area contributed by atoms with Crippen molar-refractivity contribution < 1.29 is 52.5 Å². The molecule has 0 spiro atoms. The number of phosphoric acid groups is 3. The number of phosphoric ester groups is 1. The molecule has 1 heterocycles. The van der Waals surface area contributed by atoms with Crippen LogP contribution in [0.2, 0.25) is 6.80 Å². The summed E-state index contributed by atoms with van der Waals surface area (Å²) in [5.74, 6) is 0. The number of hydrogen-bond acceptors (Lipinski definition) is 7. The van der Waals surface area contributed by atoms with Gasteiger partial charge in [-0.05, 0) is 12.8 Å². The van der Waals surface area contributed by atoms with Crippen LogP contribution in [-0.2, 0) is 31.6 Å². The summed E-state index contributed by atoms with van der Waals surface area (Å²) in [6.45, 7) is -0.403. The van der Waals surface area contributed by atoms with Gasteiger partial charge in [-0.2, -0.15) is 8.62 Å². The molecule has 4 atom stereocenters. The van der Waals surface area contributed by atoms with Crippen molar-refractivity contribution in [1.29, 1.82) is 0 Å². The Balaban J connectivity index is 2.46. The number of ether oxygens (including phenoxy) is 1. The van der Waals surface area contributed by atoms with Gasteiger partial charge in [-0.1, -0.05) is 6.80 Å². The molecule has 0 aromatic rings. The highest BCUT2D eigenvalue weighted by Crippen LogP contribution is 2.66. The molecule has 123 valence electrons. The summed E-state index contributed by atoms with van der Waals surface area (Å²) in [5.41, 5.74) is 0. The molecular weight excluding hydrogens is 352 g/mol. The smallest absolute Gasteiger partial charge is 0.382 e. The van der Waals surface area contributed by atoms with E-state index in [1.807, 2.05) is 0 Å². The Morgan fingerprint density at radius 3 is 2.43 bits per heavy atom. The molecule has 0 aliphatic carbocycles. The van der Waals surface area contributed by atoms with Crippen LogP contribution in [0.25, 0.3) is 0 Å². The van der Waals surface area contributed by atoms with Gasteiger partial charge in [0.05, 0.1) is 12.7 Å². The summed E-state index contributed by atoms with van der Waals surface area (Å²) in [6.07, 6.45) is 0.470. The Labute approximate surface area is 122 Å². The van der Waals surface area contributed by atoms with Gasteiger partial charge in [0, 0.05) is 7.37 Å². The van der Waals surface area contributed by atoms with Crippen LogP contribution < -0.4 is 0 Å². The monoisotopic (exact) mass is 368 g/mol. The summed E-state index contributed by atoms with van der Waals surface area (Å²) < 4.78 is 56.8. The van der Waals surface area contributed by atoms with Crippen LogP contribution in [0, 0.1) is 0 Å². The highest BCUT2D eigenvalue weighted by atomic mass is 31.3. The first kappa shape index (κ1) is 17.8. The van der Waals surface area contributed by atoms with Gasteiger partial charge < -0.3 is 24.3 Å². The molecule has 1 saturated heterocycles. The summed E-state index contributed by atoms with van der Waals surface area (Å²) in [7, 11) is -14.4. The van der Waals surface area contributed by atoms with E-state index in [0.717, 1.165) is 0 Å². The molecule has 2 unspecified atom stereocenters. The minimum Gasteiger partial charge on any atom is -0.382 e. The average Bonchev–Trinajstić information content (AvgIpc) is 2.70. The van der Waals surface area contributed by atoms with Gasteiger partial charge in [0.2, 0.25) is 0 Å². The van der Waals surface area contributed by atoms with Crippen LogP contribution in [0.3, 0.4) is 0 Å². The second-order valence-corrected chi connectivity index (χ2v) is 8.42. The second-order valence-electron chi connectivity index (χ2n) is 4.00. The third-order valence-electron chi connectivity index (χ3n) is 2.24. The predicted octanol–water partition coefficient (Wildman–Crippen LogP) is 0.587. The van der Waals surface area contributed by atoms with Crippen LogP contribution >= 0.6 is 23.5 Å². The van der Waals surface area contributed by atoms with Crippen LogP contribution in [0.5, 0.6) is 0 Å². The molecule has 1 aliphatic rings. The van der Waals surface area contributed by atoms with Crippen molar-refractivity contribution in [2.75, 3.05) is 6.61 Å². The van der Waals surface area contributed by atoms with E-state index in [-0.39, 0.29) is 12.8 Å². The van der Waals surface area contributed by atoms with E-state index in [0.29, 0.717) is 12.8 Å². The zero-order valence-corrected chi connectivity index (χ0v) is 13.2. The van der Waals surface area contributed by atoms with Crippen molar-refractivity contribution in [2.24, 2.45) is 0 Å². The molecule has 15 heteroatoms. The molecule has 0 amide bonds. The molecule has 21 heavy (non-hydrogen) atoms. The Morgan fingerprint density at radius 2 is 1.86 bits per heavy atom. The predicted molar refractivity (Wildman–Crippen MR) is 69.3 cm³/mol. The van der Waals surface area contributed by atoms with Crippen molar-refractivity contribution in [1.82, 2.24) is 0 Å². The van der Waals surface area contributed by atoms with E-state index >= 15 is 0 Å². The van der Waals surface area contributed by atoms with Gasteiger partial charge in [0.15, 0.2) is 0 Å². The van der Waals surface area contributed by atoms with E-state index in [1.54, 1.807) is 7.28 Å². The standard InChI is InChI=1S/C6H15BO11P3/c1-7-6-3-2-5(16-6)4-15-20(11,12)18-21(13,14)17-19(8,9)10/h5-6H,2-4H2,1H3,(H,11,12)(H,13,14)(H2,8,9,10)/t5-,6+/m0/s1/i1D. The quantitative estimate of drug-likeness (QED) is 0.349. The lowest BCUT2D eigenvalue weighted by molar-refractivity contribution is 0.0390. The molecule has 11 nitrogen and oxygen atoms in total. The first-order valence-corrected chi connectivity index (χ1v) is 10.0. The van der Waals surface area contributed by atoms with Gasteiger partial charge in [-0.3, -0.25) is 4.52 Å². The first-order chi connectivity index (χ1) is 9.92. The molecule has 0 saturated carbocycles. The summed E-state index contributed by atoms with van der Waals surface area (Å²) in [4.78, 5) is 34.9. The van der Waals surface area contributed by atoms with E-state index < -0.39 is 36.2 Å². The van der Waals surface area contributed by atoms with E-state index in [4.69, 9.17) is 20.8 Å². The third kappa shape index (κ3) is 8.02. The molecule has 0 aromatic carbocycles. The largest absolute Gasteiger partial charge is 0.490 e. The topological polar surface area (TPSA) is 169 Å². The molecule has 0 aromatic heterocycles. The maximum absolute atomic E-state index is 11.4. The van der Waals surface area contributed by atoms with Crippen LogP contribution in [0.4, 0.5) is 0 Å². The van der Waals surface area contributed by atoms with Crippen LogP contribution in [-0.4, -0.2) is 45.6 Å². The summed E-state index contributed by atoms with van der Waals surface area (Å²) >= 11 is 0. The summed E-state index contributed by atoms with van der Waals surface area (Å²) in [6, 6.07) is -0.285. The normalized spacial score (nSPS) is 29.4. The molecule has 0 bridgehead atoms. The van der Waals surface area contributed by atoms with Crippen molar-refractivity contribution >= 4 is 30.7 Å². The Morgan fingerprint density at radius 1 is 1.19 bits per heavy atom. The first-order valence-electron chi connectivity index (χ1n) is 6.19. The Kier molecular flexibility index (Phi) is 6.21. The lowest BCUT2D eigenvalue weighted by atomic mass is 9.74. The van der Waals surface area contributed by atoms with Crippen molar-refractivity contribution in [3.8, 4) is 0 Å². The van der Waals surface area contributed by atoms with E-state index in [9.17, 15) is 18.6 Å². The Hall–Kier alpha value is 0.435. The Bertz CT molecular complexity index is 510. The van der Waals surface area contributed by atoms with E-state index in [2.05, 4.69) is 13.1 Å². The lowest BCUT2D eigenvalue weighted by Crippen LogP contribution is -2.19. The molecule has 1 fully saturated rings. The van der Waals surface area contributed by atoms with Crippen LogP contribution in [0.15, 0.2) is 0 Å². The zero-order valence-electron chi connectivity index (χ0n) is 11.5. The maximum Gasteiger partial charge on any atom is 0.490 e. The maximum atomic E-state index is 11.4. The molecule has 1 aliphatic heterocycles. The van der Waals surface area contributed by atoms with Crippen LogP contribution in [0.1, 0.15) is 14.2 Å². The van der Waals surface area contributed by atoms with E-state index in [1.165, 1.54) is 0 Å². The fourth-order valence-electron chi connectivity index (χ4n) is 1.51. The SMILES string of the molecule is [2H]C[B][C@H]1CC[C@@H](COP(=O)(O)OP(=O)(O)OP(=O)(O)O)O1. The second kappa shape index (κ2) is 7.34. The highest BCUT2D eigenvalue weighted by Gasteiger charge is 2.41. The van der Waals surface area contributed by atoms with Crippen molar-refractivity contribution in [3.63, 3.8) is 0 Å². The van der Waals surface area contributed by atoms with Gasteiger partial charge in [0.25, 0.3) is 0 Å². The highest BCUT2D eigenvalue weighted by molar-refractivity contribution is 7.66. The van der Waals surface area contributed by atoms with Crippen molar-refractivity contribution in [3.05, 3.63) is 0 Å². The average molecular weight is 368 g/mol. The van der Waals surface area contributed by atoms with Crippen molar-refractivity contribution in [2.45, 2.75) is 31.7 Å². The fraction of sp³-hybridized carbons (Fsp3) is 1.00. The van der Waals surface area contributed by atoms with Gasteiger partial charge in [0.1, 0.15) is 7.28 Å². The number of rotatable bonds is 8. The third-order valence-corrected chi connectivity index (χ3v) is 6.05. The minimum atomic E-state index is -5.49. The molecule has 1 rings (SSSR count). The van der Waals surface area contributed by atoms with Gasteiger partial charge >= 0.3 is 23.5 Å². The fourth-order valence-corrected chi connectivity index (χ4v) is 4.56. The minimum absolute atomic E-state index is 0.0489.